The number of allylic oxidation sites excluding steroid dienone is 1. The molecule has 41 heavy (non-hydrogen) atoms. The van der Waals surface area contributed by atoms with E-state index in [1.54, 1.807) is 0 Å². The molecule has 4 aliphatic carbocycles. The van der Waals surface area contributed by atoms with Crippen LogP contribution in [0.5, 0.6) is 0 Å². The average molecular weight is 577 g/mol. The lowest BCUT2D eigenvalue weighted by Crippen LogP contribution is -2.60. The van der Waals surface area contributed by atoms with Crippen molar-refractivity contribution in [3.63, 3.8) is 0 Å². The van der Waals surface area contributed by atoms with Crippen molar-refractivity contribution < 1.29 is 29.9 Å². The number of rotatable bonds is 9. The molecule has 4 N–H and O–H groups in total. The number of hydrogen-bond donors (Lipinski definition) is 4. The molecular formula is C35H60O6. The van der Waals surface area contributed by atoms with Crippen molar-refractivity contribution in [2.24, 2.45) is 52.3 Å². The van der Waals surface area contributed by atoms with Crippen LogP contribution in [0.3, 0.4) is 0 Å². The van der Waals surface area contributed by atoms with Gasteiger partial charge < -0.3 is 29.9 Å². The Morgan fingerprint density at radius 3 is 2.39 bits per heavy atom. The van der Waals surface area contributed by atoms with E-state index in [-0.39, 0.29) is 11.5 Å². The third-order valence-electron chi connectivity index (χ3n) is 13.5. The van der Waals surface area contributed by atoms with Gasteiger partial charge in [-0.25, -0.2) is 0 Å². The third-order valence-corrected chi connectivity index (χ3v) is 13.5. The van der Waals surface area contributed by atoms with Gasteiger partial charge in [0.15, 0.2) is 6.29 Å². The van der Waals surface area contributed by atoms with Crippen molar-refractivity contribution in [1.29, 1.82) is 0 Å². The van der Waals surface area contributed by atoms with E-state index >= 15 is 0 Å². The quantitative estimate of drug-likeness (QED) is 0.257. The van der Waals surface area contributed by atoms with Crippen molar-refractivity contribution >= 4 is 0 Å². The molecular weight excluding hydrogens is 516 g/mol. The Hall–Kier alpha value is -0.500. The summed E-state index contributed by atoms with van der Waals surface area (Å²) in [6, 6.07) is 0. The highest BCUT2D eigenvalue weighted by Crippen LogP contribution is 2.67. The normalized spacial score (nSPS) is 47.7. The minimum Gasteiger partial charge on any atom is -0.394 e. The molecule has 0 aromatic rings. The van der Waals surface area contributed by atoms with Gasteiger partial charge >= 0.3 is 0 Å². The summed E-state index contributed by atoms with van der Waals surface area (Å²) in [4.78, 5) is 0. The summed E-state index contributed by atoms with van der Waals surface area (Å²) in [5.41, 5.74) is 2.19. The zero-order valence-corrected chi connectivity index (χ0v) is 26.7. The second-order valence-corrected chi connectivity index (χ2v) is 15.7. The lowest BCUT2D eigenvalue weighted by molar-refractivity contribution is -0.313. The molecule has 0 amide bonds. The number of aliphatic hydroxyl groups is 4. The van der Waals surface area contributed by atoms with E-state index in [1.807, 2.05) is 0 Å². The van der Waals surface area contributed by atoms with Crippen LogP contribution in [-0.2, 0) is 9.47 Å². The first-order chi connectivity index (χ1) is 19.4. The summed E-state index contributed by atoms with van der Waals surface area (Å²) in [6.07, 6.45) is 9.92. The summed E-state index contributed by atoms with van der Waals surface area (Å²) < 4.78 is 11.9. The third kappa shape index (κ3) is 5.73. The van der Waals surface area contributed by atoms with Crippen molar-refractivity contribution in [2.75, 3.05) is 6.61 Å². The van der Waals surface area contributed by atoms with E-state index < -0.39 is 37.3 Å². The van der Waals surface area contributed by atoms with Gasteiger partial charge in [-0.2, -0.15) is 0 Å². The van der Waals surface area contributed by atoms with Crippen molar-refractivity contribution in [3.8, 4) is 0 Å². The number of ether oxygens (including phenoxy) is 2. The maximum atomic E-state index is 10.5. The van der Waals surface area contributed by atoms with Crippen molar-refractivity contribution in [1.82, 2.24) is 0 Å². The molecule has 6 nitrogen and oxygen atoms in total. The van der Waals surface area contributed by atoms with E-state index in [9.17, 15) is 20.4 Å². The summed E-state index contributed by atoms with van der Waals surface area (Å²) in [6.45, 7) is 14.5. The first-order valence-corrected chi connectivity index (χ1v) is 17.1. The Morgan fingerprint density at radius 2 is 1.71 bits per heavy atom. The second kappa shape index (κ2) is 12.5. The van der Waals surface area contributed by atoms with Crippen LogP contribution >= 0.6 is 0 Å². The molecule has 1 heterocycles. The highest BCUT2D eigenvalue weighted by atomic mass is 16.7. The molecule has 14 atom stereocenters. The standard InChI is InChI=1S/C35H60O6/c1-7-22(20(2)3)9-8-21(4)26-12-13-27-25-11-10-23-18-24(14-16-34(23,5)28(25)15-17-35(26,27)6)40-33-32(39)31(38)30(37)29(19-36)41-33/h10,20-22,24-33,36-39H,7-9,11-19H2,1-6H3/t21-,22-,24+,25-,26-,27-,28-,29-,30+,31+,32-,33-,34+,35-/m1/s1. The van der Waals surface area contributed by atoms with Gasteiger partial charge in [0.1, 0.15) is 24.4 Å². The highest BCUT2D eigenvalue weighted by Gasteiger charge is 2.59. The molecule has 0 radical (unpaired) electrons. The molecule has 4 fully saturated rings. The summed E-state index contributed by atoms with van der Waals surface area (Å²) in [5, 5.41) is 40.4. The second-order valence-electron chi connectivity index (χ2n) is 15.7. The molecule has 0 aromatic heterocycles. The van der Waals surface area contributed by atoms with Crippen molar-refractivity contribution in [3.05, 3.63) is 11.6 Å². The highest BCUT2D eigenvalue weighted by molar-refractivity contribution is 5.25. The smallest absolute Gasteiger partial charge is 0.186 e. The molecule has 0 spiro atoms. The minimum absolute atomic E-state index is 0.101. The van der Waals surface area contributed by atoms with Gasteiger partial charge in [-0.3, -0.25) is 0 Å². The van der Waals surface area contributed by atoms with E-state index in [1.165, 1.54) is 56.9 Å². The molecule has 0 unspecified atom stereocenters. The molecule has 5 aliphatic rings. The molecule has 0 bridgehead atoms. The fourth-order valence-electron chi connectivity index (χ4n) is 10.8. The molecule has 1 saturated heterocycles. The lowest BCUT2D eigenvalue weighted by atomic mass is 9.47. The Bertz CT molecular complexity index is 918. The zero-order chi connectivity index (χ0) is 29.7. The predicted octanol–water partition coefficient (Wildman–Crippen LogP) is 5.85. The van der Waals surface area contributed by atoms with Crippen LogP contribution in [0.25, 0.3) is 0 Å². The number of aliphatic hydroxyl groups excluding tert-OH is 4. The Balaban J connectivity index is 1.24. The molecule has 1 aliphatic heterocycles. The van der Waals surface area contributed by atoms with Crippen LogP contribution in [0.15, 0.2) is 11.6 Å². The van der Waals surface area contributed by atoms with Crippen LogP contribution in [0.4, 0.5) is 0 Å². The van der Waals surface area contributed by atoms with Crippen molar-refractivity contribution in [2.45, 2.75) is 149 Å². The fourth-order valence-corrected chi connectivity index (χ4v) is 10.8. The van der Waals surface area contributed by atoms with Crippen LogP contribution < -0.4 is 0 Å². The summed E-state index contributed by atoms with van der Waals surface area (Å²) >= 11 is 0. The first-order valence-electron chi connectivity index (χ1n) is 17.1. The fraction of sp³-hybridized carbons (Fsp3) is 0.943. The van der Waals surface area contributed by atoms with Gasteiger partial charge in [-0.15, -0.1) is 0 Å². The van der Waals surface area contributed by atoms with Gasteiger partial charge in [0.25, 0.3) is 0 Å². The van der Waals surface area contributed by atoms with Gasteiger partial charge in [0, 0.05) is 0 Å². The predicted molar refractivity (Wildman–Crippen MR) is 161 cm³/mol. The Labute approximate surface area is 249 Å². The maximum absolute atomic E-state index is 10.5. The SMILES string of the molecule is CC[C@H](CC[C@@H](C)[C@H]1CC[C@@H]2[C@H]3CC=C4C[C@@H](O[C@@H]5O[C@H](CO)[C@H](O)[C@H](O)[C@H]5O)CC[C@]4(C)[C@@H]3CC[C@@]21C)C(C)C. The average Bonchev–Trinajstić information content (AvgIpc) is 3.30. The number of fused-ring (bicyclic) bond motifs is 5. The lowest BCUT2D eigenvalue weighted by Gasteiger charge is -2.58. The maximum Gasteiger partial charge on any atom is 0.186 e. The Kier molecular flexibility index (Phi) is 9.71. The van der Waals surface area contributed by atoms with E-state index in [0.29, 0.717) is 5.41 Å². The summed E-state index contributed by atoms with van der Waals surface area (Å²) in [7, 11) is 0. The van der Waals surface area contributed by atoms with Gasteiger partial charge in [-0.05, 0) is 110 Å². The van der Waals surface area contributed by atoms with Gasteiger partial charge in [-0.1, -0.05) is 66.0 Å². The summed E-state index contributed by atoms with van der Waals surface area (Å²) in [5.74, 6) is 5.66. The van der Waals surface area contributed by atoms with E-state index in [0.717, 1.165) is 60.7 Å². The molecule has 3 saturated carbocycles. The molecule has 0 aromatic carbocycles. The van der Waals surface area contributed by atoms with E-state index in [4.69, 9.17) is 9.47 Å². The zero-order valence-electron chi connectivity index (χ0n) is 26.7. The Morgan fingerprint density at radius 1 is 0.951 bits per heavy atom. The van der Waals surface area contributed by atoms with Crippen LogP contribution in [0, 0.1) is 52.3 Å². The number of hydrogen-bond acceptors (Lipinski definition) is 6. The van der Waals surface area contributed by atoms with Gasteiger partial charge in [0.05, 0.1) is 12.7 Å². The monoisotopic (exact) mass is 576 g/mol. The van der Waals surface area contributed by atoms with Crippen LogP contribution in [-0.4, -0.2) is 63.8 Å². The first kappa shape index (κ1) is 31.9. The largest absolute Gasteiger partial charge is 0.394 e. The van der Waals surface area contributed by atoms with E-state index in [2.05, 4.69) is 47.6 Å². The van der Waals surface area contributed by atoms with Crippen LogP contribution in [0.1, 0.15) is 112 Å². The molecule has 6 heteroatoms. The molecule has 236 valence electrons. The molecule has 5 rings (SSSR count). The van der Waals surface area contributed by atoms with Crippen LogP contribution in [0.2, 0.25) is 0 Å². The van der Waals surface area contributed by atoms with Gasteiger partial charge in [0.2, 0.25) is 0 Å². The topological polar surface area (TPSA) is 99.4 Å². The minimum atomic E-state index is -1.40.